The van der Waals surface area contributed by atoms with Crippen LogP contribution in [0.3, 0.4) is 0 Å². The molecule has 108 valence electrons. The lowest BCUT2D eigenvalue weighted by atomic mass is 10.1. The first-order valence-electron chi connectivity index (χ1n) is 7.01. The van der Waals surface area contributed by atoms with E-state index in [9.17, 15) is 9.59 Å². The van der Waals surface area contributed by atoms with Crippen LogP contribution in [0.5, 0.6) is 0 Å². The van der Waals surface area contributed by atoms with Gasteiger partial charge in [-0.3, -0.25) is 9.59 Å². The van der Waals surface area contributed by atoms with E-state index in [4.69, 9.17) is 4.74 Å². The van der Waals surface area contributed by atoms with E-state index in [1.807, 2.05) is 4.90 Å². The normalized spacial score (nSPS) is 26.5. The van der Waals surface area contributed by atoms with Crippen molar-refractivity contribution in [2.45, 2.75) is 37.8 Å². The maximum absolute atomic E-state index is 12.4. The summed E-state index contributed by atoms with van der Waals surface area (Å²) in [6.45, 7) is 2.84. The summed E-state index contributed by atoms with van der Waals surface area (Å²) in [7, 11) is 1.63. The largest absolute Gasteiger partial charge is 0.383 e. The molecule has 6 heteroatoms. The fourth-order valence-electron chi connectivity index (χ4n) is 2.69. The smallest absolute Gasteiger partial charge is 0.245 e. The summed E-state index contributed by atoms with van der Waals surface area (Å²) in [5.74, 6) is 0.000586. The minimum atomic E-state index is -0.342. The number of rotatable bonds is 6. The monoisotopic (exact) mass is 269 g/mol. The SMILES string of the molecule is COCCN(CC1CCCN1)C(=O)[C@H]1CCC(=O)N1. The van der Waals surface area contributed by atoms with Gasteiger partial charge in [0.05, 0.1) is 6.61 Å². The van der Waals surface area contributed by atoms with Crippen LogP contribution in [-0.2, 0) is 14.3 Å². The van der Waals surface area contributed by atoms with Gasteiger partial charge in [-0.15, -0.1) is 0 Å². The molecular weight excluding hydrogens is 246 g/mol. The number of methoxy groups -OCH3 is 1. The molecule has 2 atom stereocenters. The van der Waals surface area contributed by atoms with Gasteiger partial charge in [-0.05, 0) is 25.8 Å². The van der Waals surface area contributed by atoms with Crippen LogP contribution in [0, 0.1) is 0 Å². The maximum atomic E-state index is 12.4. The molecule has 0 aliphatic carbocycles. The highest BCUT2D eigenvalue weighted by Gasteiger charge is 2.31. The van der Waals surface area contributed by atoms with Crippen molar-refractivity contribution in [3.8, 4) is 0 Å². The van der Waals surface area contributed by atoms with Gasteiger partial charge in [-0.25, -0.2) is 0 Å². The lowest BCUT2D eigenvalue weighted by Gasteiger charge is -2.28. The Bertz CT molecular complexity index is 329. The molecule has 1 unspecified atom stereocenters. The molecule has 6 nitrogen and oxygen atoms in total. The Kier molecular flexibility index (Phi) is 5.15. The summed E-state index contributed by atoms with van der Waals surface area (Å²) in [6, 6.07) is 0.0312. The third-order valence-corrected chi connectivity index (χ3v) is 3.77. The third-order valence-electron chi connectivity index (χ3n) is 3.77. The Labute approximate surface area is 113 Å². The predicted octanol–water partition coefficient (Wildman–Crippen LogP) is -0.508. The number of carbonyl (C=O) groups excluding carboxylic acids is 2. The molecule has 0 bridgehead atoms. The summed E-state index contributed by atoms with van der Waals surface area (Å²) >= 11 is 0. The first-order valence-corrected chi connectivity index (χ1v) is 7.01. The number of hydrogen-bond acceptors (Lipinski definition) is 4. The van der Waals surface area contributed by atoms with E-state index in [0.717, 1.165) is 19.4 Å². The molecule has 0 spiro atoms. The van der Waals surface area contributed by atoms with E-state index in [2.05, 4.69) is 10.6 Å². The Morgan fingerprint density at radius 3 is 2.89 bits per heavy atom. The van der Waals surface area contributed by atoms with E-state index in [-0.39, 0.29) is 17.9 Å². The highest BCUT2D eigenvalue weighted by molar-refractivity contribution is 5.90. The summed E-state index contributed by atoms with van der Waals surface area (Å²) in [5.41, 5.74) is 0. The van der Waals surface area contributed by atoms with Gasteiger partial charge in [0.25, 0.3) is 0 Å². The van der Waals surface area contributed by atoms with Crippen LogP contribution in [0.1, 0.15) is 25.7 Å². The molecular formula is C13H23N3O3. The standard InChI is InChI=1S/C13H23N3O3/c1-19-8-7-16(9-10-3-2-6-14-10)13(18)11-4-5-12(17)15-11/h10-11,14H,2-9H2,1H3,(H,15,17)/t10?,11-/m1/s1. The van der Waals surface area contributed by atoms with Crippen molar-refractivity contribution in [1.29, 1.82) is 0 Å². The van der Waals surface area contributed by atoms with Crippen LogP contribution in [0.2, 0.25) is 0 Å². The molecule has 2 amide bonds. The molecule has 2 fully saturated rings. The number of nitrogens with zero attached hydrogens (tertiary/aromatic N) is 1. The van der Waals surface area contributed by atoms with Crippen molar-refractivity contribution >= 4 is 11.8 Å². The number of carbonyl (C=O) groups is 2. The molecule has 2 aliphatic rings. The number of hydrogen-bond donors (Lipinski definition) is 2. The maximum Gasteiger partial charge on any atom is 0.245 e. The molecule has 2 rings (SSSR count). The average molecular weight is 269 g/mol. The second kappa shape index (κ2) is 6.86. The molecule has 0 aromatic heterocycles. The van der Waals surface area contributed by atoms with Crippen LogP contribution in [-0.4, -0.2) is 62.1 Å². The minimum Gasteiger partial charge on any atom is -0.383 e. The van der Waals surface area contributed by atoms with Gasteiger partial charge >= 0.3 is 0 Å². The van der Waals surface area contributed by atoms with Crippen LogP contribution >= 0.6 is 0 Å². The molecule has 0 aromatic carbocycles. The topological polar surface area (TPSA) is 70.7 Å². The van der Waals surface area contributed by atoms with Crippen LogP contribution in [0.15, 0.2) is 0 Å². The Balaban J connectivity index is 1.90. The number of nitrogens with one attached hydrogen (secondary N) is 2. The second-order valence-electron chi connectivity index (χ2n) is 5.23. The zero-order chi connectivity index (χ0) is 13.7. The van der Waals surface area contributed by atoms with Crippen molar-refractivity contribution < 1.29 is 14.3 Å². The Hall–Kier alpha value is -1.14. The molecule has 2 saturated heterocycles. The zero-order valence-corrected chi connectivity index (χ0v) is 11.5. The fraction of sp³-hybridized carbons (Fsp3) is 0.846. The third kappa shape index (κ3) is 3.91. The van der Waals surface area contributed by atoms with Crippen LogP contribution < -0.4 is 10.6 Å². The minimum absolute atomic E-state index is 0.0240. The summed E-state index contributed by atoms with van der Waals surface area (Å²) in [6.07, 6.45) is 3.33. The first kappa shape index (κ1) is 14.3. The van der Waals surface area contributed by atoms with E-state index in [1.165, 1.54) is 0 Å². The fourth-order valence-corrected chi connectivity index (χ4v) is 2.69. The van der Waals surface area contributed by atoms with E-state index in [0.29, 0.717) is 38.6 Å². The van der Waals surface area contributed by atoms with Crippen LogP contribution in [0.25, 0.3) is 0 Å². The quantitative estimate of drug-likeness (QED) is 0.681. The Morgan fingerprint density at radius 1 is 1.47 bits per heavy atom. The van der Waals surface area contributed by atoms with Crippen molar-refractivity contribution in [3.05, 3.63) is 0 Å². The lowest BCUT2D eigenvalue weighted by Crippen LogP contribution is -2.49. The zero-order valence-electron chi connectivity index (χ0n) is 11.5. The van der Waals surface area contributed by atoms with Gasteiger partial charge in [0.15, 0.2) is 0 Å². The summed E-state index contributed by atoms with van der Waals surface area (Å²) in [4.78, 5) is 25.5. The van der Waals surface area contributed by atoms with Gasteiger partial charge in [0, 0.05) is 32.7 Å². The van der Waals surface area contributed by atoms with Gasteiger partial charge in [0.2, 0.25) is 11.8 Å². The molecule has 2 heterocycles. The van der Waals surface area contributed by atoms with E-state index < -0.39 is 0 Å². The lowest BCUT2D eigenvalue weighted by molar-refractivity contribution is -0.135. The molecule has 19 heavy (non-hydrogen) atoms. The molecule has 0 aromatic rings. The van der Waals surface area contributed by atoms with Crippen molar-refractivity contribution in [3.63, 3.8) is 0 Å². The highest BCUT2D eigenvalue weighted by atomic mass is 16.5. The van der Waals surface area contributed by atoms with Gasteiger partial charge in [-0.2, -0.15) is 0 Å². The molecule has 2 aliphatic heterocycles. The van der Waals surface area contributed by atoms with E-state index >= 15 is 0 Å². The average Bonchev–Trinajstić information content (AvgIpc) is 3.05. The van der Waals surface area contributed by atoms with Crippen molar-refractivity contribution in [2.24, 2.45) is 0 Å². The first-order chi connectivity index (χ1) is 9.20. The van der Waals surface area contributed by atoms with Crippen LogP contribution in [0.4, 0.5) is 0 Å². The van der Waals surface area contributed by atoms with Crippen molar-refractivity contribution in [2.75, 3.05) is 33.4 Å². The Morgan fingerprint density at radius 2 is 2.32 bits per heavy atom. The molecule has 2 N–H and O–H groups in total. The summed E-state index contributed by atoms with van der Waals surface area (Å²) in [5, 5.41) is 6.14. The molecule has 0 radical (unpaired) electrons. The highest BCUT2D eigenvalue weighted by Crippen LogP contribution is 2.12. The summed E-state index contributed by atoms with van der Waals surface area (Å²) < 4.78 is 5.07. The second-order valence-corrected chi connectivity index (χ2v) is 5.23. The van der Waals surface area contributed by atoms with Gasteiger partial charge in [0.1, 0.15) is 6.04 Å². The number of ether oxygens (including phenoxy) is 1. The van der Waals surface area contributed by atoms with Crippen molar-refractivity contribution in [1.82, 2.24) is 15.5 Å². The van der Waals surface area contributed by atoms with Gasteiger partial charge in [-0.1, -0.05) is 0 Å². The molecule has 0 saturated carbocycles. The van der Waals surface area contributed by atoms with E-state index in [1.54, 1.807) is 7.11 Å². The number of amides is 2. The van der Waals surface area contributed by atoms with Gasteiger partial charge < -0.3 is 20.3 Å². The predicted molar refractivity (Wildman–Crippen MR) is 70.6 cm³/mol.